The largest absolute Gasteiger partial charge is 0.494 e. The smallest absolute Gasteiger partial charge is 0.119 e. The van der Waals surface area contributed by atoms with E-state index in [4.69, 9.17) is 4.74 Å². The Morgan fingerprint density at radius 2 is 1.92 bits per heavy atom. The summed E-state index contributed by atoms with van der Waals surface area (Å²) in [4.78, 5) is 0. The highest BCUT2D eigenvalue weighted by Gasteiger charge is 2.02. The van der Waals surface area contributed by atoms with Gasteiger partial charge in [-0.3, -0.25) is 0 Å². The van der Waals surface area contributed by atoms with Crippen LogP contribution in [0.5, 0.6) is 5.75 Å². The van der Waals surface area contributed by atoms with Gasteiger partial charge in [0.25, 0.3) is 0 Å². The van der Waals surface area contributed by atoms with Gasteiger partial charge in [0.05, 0.1) is 6.61 Å². The summed E-state index contributed by atoms with van der Waals surface area (Å²) < 4.78 is 5.36. The van der Waals surface area contributed by atoms with E-state index in [2.05, 4.69) is 35.0 Å². The fraction of sp³-hybridized carbons (Fsp3) is 0.455. The Morgan fingerprint density at radius 3 is 2.38 bits per heavy atom. The van der Waals surface area contributed by atoms with Gasteiger partial charge in [0, 0.05) is 5.33 Å². The summed E-state index contributed by atoms with van der Waals surface area (Å²) in [6.45, 7) is 4.92. The average molecular weight is 243 g/mol. The molecule has 0 heterocycles. The van der Waals surface area contributed by atoms with Crippen molar-refractivity contribution in [3.8, 4) is 5.75 Å². The molecule has 0 fully saturated rings. The lowest BCUT2D eigenvalue weighted by molar-refractivity contribution is 0.340. The van der Waals surface area contributed by atoms with Crippen molar-refractivity contribution in [2.75, 3.05) is 11.9 Å². The highest BCUT2D eigenvalue weighted by atomic mass is 79.9. The quantitative estimate of drug-likeness (QED) is 0.734. The third-order valence-corrected chi connectivity index (χ3v) is 2.96. The lowest BCUT2D eigenvalue weighted by Crippen LogP contribution is -1.95. The Labute approximate surface area is 88.2 Å². The van der Waals surface area contributed by atoms with Crippen LogP contribution in [0.15, 0.2) is 24.3 Å². The highest BCUT2D eigenvalue weighted by molar-refractivity contribution is 9.09. The predicted octanol–water partition coefficient (Wildman–Crippen LogP) is 3.58. The van der Waals surface area contributed by atoms with E-state index in [-0.39, 0.29) is 0 Å². The molecule has 0 radical (unpaired) electrons. The fourth-order valence-electron chi connectivity index (χ4n) is 1.15. The molecule has 1 aromatic carbocycles. The molecule has 0 aliphatic heterocycles. The lowest BCUT2D eigenvalue weighted by Gasteiger charge is -2.09. The predicted molar refractivity (Wildman–Crippen MR) is 59.8 cm³/mol. The number of hydrogen-bond donors (Lipinski definition) is 0. The molecule has 1 aromatic rings. The Kier molecular flexibility index (Phi) is 4.29. The average Bonchev–Trinajstić information content (AvgIpc) is 2.18. The first-order chi connectivity index (χ1) is 6.27. The molecule has 0 spiro atoms. The van der Waals surface area contributed by atoms with Gasteiger partial charge < -0.3 is 4.74 Å². The molecule has 0 bridgehead atoms. The molecule has 72 valence electrons. The maximum atomic E-state index is 5.36. The maximum absolute atomic E-state index is 5.36. The number of alkyl halides is 1. The van der Waals surface area contributed by atoms with Gasteiger partial charge in [0.1, 0.15) is 5.75 Å². The molecular formula is C11H15BrO. The summed E-state index contributed by atoms with van der Waals surface area (Å²) >= 11 is 3.47. The van der Waals surface area contributed by atoms with Gasteiger partial charge in [-0.2, -0.15) is 0 Å². The molecule has 0 aliphatic carbocycles. The topological polar surface area (TPSA) is 9.23 Å². The number of hydrogen-bond acceptors (Lipinski definition) is 1. The summed E-state index contributed by atoms with van der Waals surface area (Å²) in [6.07, 6.45) is 0. The third kappa shape index (κ3) is 3.03. The minimum Gasteiger partial charge on any atom is -0.494 e. The number of halogens is 1. The van der Waals surface area contributed by atoms with Crippen molar-refractivity contribution in [2.24, 2.45) is 0 Å². The van der Waals surface area contributed by atoms with Crippen molar-refractivity contribution < 1.29 is 4.74 Å². The van der Waals surface area contributed by atoms with Gasteiger partial charge in [-0.1, -0.05) is 35.0 Å². The van der Waals surface area contributed by atoms with E-state index in [0.29, 0.717) is 5.92 Å². The Hall–Kier alpha value is -0.500. The molecule has 0 amide bonds. The molecule has 0 saturated carbocycles. The van der Waals surface area contributed by atoms with Crippen molar-refractivity contribution in [3.63, 3.8) is 0 Å². The Balaban J connectivity index is 2.69. The Bertz CT molecular complexity index is 243. The normalized spacial score (nSPS) is 12.5. The molecule has 13 heavy (non-hydrogen) atoms. The molecule has 0 aromatic heterocycles. The first-order valence-electron chi connectivity index (χ1n) is 4.56. The van der Waals surface area contributed by atoms with Gasteiger partial charge in [-0.05, 0) is 30.5 Å². The highest BCUT2D eigenvalue weighted by Crippen LogP contribution is 2.20. The first-order valence-corrected chi connectivity index (χ1v) is 5.68. The van der Waals surface area contributed by atoms with E-state index < -0.39 is 0 Å². The second kappa shape index (κ2) is 5.28. The molecule has 0 aliphatic rings. The van der Waals surface area contributed by atoms with Crippen LogP contribution >= 0.6 is 15.9 Å². The van der Waals surface area contributed by atoms with Gasteiger partial charge >= 0.3 is 0 Å². The lowest BCUT2D eigenvalue weighted by atomic mass is 10.0. The van der Waals surface area contributed by atoms with E-state index in [1.165, 1.54) is 5.56 Å². The van der Waals surface area contributed by atoms with Crippen molar-refractivity contribution in [1.29, 1.82) is 0 Å². The summed E-state index contributed by atoms with van der Waals surface area (Å²) in [5.41, 5.74) is 1.35. The summed E-state index contributed by atoms with van der Waals surface area (Å²) in [5, 5.41) is 1.00. The van der Waals surface area contributed by atoms with Crippen LogP contribution in [0, 0.1) is 0 Å². The second-order valence-electron chi connectivity index (χ2n) is 3.06. The monoisotopic (exact) mass is 242 g/mol. The van der Waals surface area contributed by atoms with Crippen molar-refractivity contribution >= 4 is 15.9 Å². The number of rotatable bonds is 4. The SMILES string of the molecule is CCOc1ccc(C(C)CBr)cc1. The van der Waals surface area contributed by atoms with E-state index in [9.17, 15) is 0 Å². The van der Waals surface area contributed by atoms with Crippen LogP contribution in [0.1, 0.15) is 25.3 Å². The van der Waals surface area contributed by atoms with Crippen LogP contribution in [-0.2, 0) is 0 Å². The van der Waals surface area contributed by atoms with E-state index in [0.717, 1.165) is 17.7 Å². The van der Waals surface area contributed by atoms with E-state index in [1.54, 1.807) is 0 Å². The fourth-order valence-corrected chi connectivity index (χ4v) is 1.52. The van der Waals surface area contributed by atoms with Crippen LogP contribution in [0.25, 0.3) is 0 Å². The zero-order chi connectivity index (χ0) is 9.68. The summed E-state index contributed by atoms with van der Waals surface area (Å²) in [5.74, 6) is 1.52. The van der Waals surface area contributed by atoms with E-state index >= 15 is 0 Å². The van der Waals surface area contributed by atoms with Crippen molar-refractivity contribution in [3.05, 3.63) is 29.8 Å². The second-order valence-corrected chi connectivity index (χ2v) is 3.70. The molecule has 1 nitrogen and oxygen atoms in total. The minimum absolute atomic E-state index is 0.565. The molecule has 1 rings (SSSR count). The molecule has 1 unspecified atom stereocenters. The van der Waals surface area contributed by atoms with Crippen LogP contribution in [0.4, 0.5) is 0 Å². The van der Waals surface area contributed by atoms with E-state index in [1.807, 2.05) is 19.1 Å². The first kappa shape index (κ1) is 10.6. The van der Waals surface area contributed by atoms with Crippen LogP contribution in [0.2, 0.25) is 0 Å². The van der Waals surface area contributed by atoms with Gasteiger partial charge in [0.15, 0.2) is 0 Å². The molecule has 0 N–H and O–H groups in total. The molecular weight excluding hydrogens is 228 g/mol. The van der Waals surface area contributed by atoms with Crippen LogP contribution in [-0.4, -0.2) is 11.9 Å². The van der Waals surface area contributed by atoms with Crippen molar-refractivity contribution in [2.45, 2.75) is 19.8 Å². The molecule has 0 saturated heterocycles. The zero-order valence-electron chi connectivity index (χ0n) is 8.09. The number of benzene rings is 1. The Morgan fingerprint density at radius 1 is 1.31 bits per heavy atom. The zero-order valence-corrected chi connectivity index (χ0v) is 9.67. The molecule has 2 heteroatoms. The third-order valence-electron chi connectivity index (χ3n) is 1.99. The standard InChI is InChI=1S/C11H15BrO/c1-3-13-11-6-4-10(5-7-11)9(2)8-12/h4-7,9H,3,8H2,1-2H3. The van der Waals surface area contributed by atoms with Gasteiger partial charge in [0.2, 0.25) is 0 Å². The van der Waals surface area contributed by atoms with Crippen LogP contribution in [0.3, 0.4) is 0 Å². The minimum atomic E-state index is 0.565. The van der Waals surface area contributed by atoms with Crippen LogP contribution < -0.4 is 4.74 Å². The molecule has 1 atom stereocenters. The maximum Gasteiger partial charge on any atom is 0.119 e. The summed E-state index contributed by atoms with van der Waals surface area (Å²) in [6, 6.07) is 8.30. The number of ether oxygens (including phenoxy) is 1. The van der Waals surface area contributed by atoms with Gasteiger partial charge in [-0.25, -0.2) is 0 Å². The van der Waals surface area contributed by atoms with Gasteiger partial charge in [-0.15, -0.1) is 0 Å². The summed E-state index contributed by atoms with van der Waals surface area (Å²) in [7, 11) is 0. The van der Waals surface area contributed by atoms with Crippen molar-refractivity contribution in [1.82, 2.24) is 0 Å².